The van der Waals surface area contributed by atoms with Gasteiger partial charge in [0, 0.05) is 11.8 Å². The molecule has 1 aromatic heterocycles. The number of hydrogen-bond acceptors (Lipinski definition) is 6. The smallest absolute Gasteiger partial charge is 0.240 e. The maximum atomic E-state index is 12.1. The molecule has 7 nitrogen and oxygen atoms in total. The number of methoxy groups -OCH3 is 1. The van der Waals surface area contributed by atoms with Crippen LogP contribution in [0.25, 0.3) is 0 Å². The highest BCUT2D eigenvalue weighted by Gasteiger charge is 2.22. The summed E-state index contributed by atoms with van der Waals surface area (Å²) in [5, 5.41) is 3.22. The molecule has 8 heteroatoms. The van der Waals surface area contributed by atoms with E-state index in [1.54, 1.807) is 13.0 Å². The first-order valence-electron chi connectivity index (χ1n) is 6.59. The summed E-state index contributed by atoms with van der Waals surface area (Å²) in [5.74, 6) is 0.696. The van der Waals surface area contributed by atoms with Crippen LogP contribution in [-0.2, 0) is 10.0 Å². The van der Waals surface area contributed by atoms with Gasteiger partial charge in [-0.05, 0) is 38.8 Å². The van der Waals surface area contributed by atoms with Crippen LogP contribution in [0.5, 0.6) is 5.88 Å². The Morgan fingerprint density at radius 2 is 2.10 bits per heavy atom. The zero-order valence-corrected chi connectivity index (χ0v) is 12.5. The minimum Gasteiger partial charge on any atom is -0.481 e. The minimum atomic E-state index is -3.43. The number of aromatic nitrogens is 2. The second kappa shape index (κ2) is 6.36. The number of hydrogen-bond donors (Lipinski definition) is 2. The first kappa shape index (κ1) is 15.0. The van der Waals surface area contributed by atoms with Gasteiger partial charge in [0.2, 0.25) is 21.9 Å². The molecule has 112 valence electrons. The van der Waals surface area contributed by atoms with Crippen molar-refractivity contribution >= 4 is 16.0 Å². The molecule has 20 heavy (non-hydrogen) atoms. The van der Waals surface area contributed by atoms with Crippen molar-refractivity contribution in [2.45, 2.75) is 19.8 Å². The maximum Gasteiger partial charge on any atom is 0.240 e. The molecule has 0 unspecified atom stereocenters. The highest BCUT2D eigenvalue weighted by Crippen LogP contribution is 2.17. The van der Waals surface area contributed by atoms with Crippen LogP contribution >= 0.6 is 0 Å². The van der Waals surface area contributed by atoms with E-state index in [0.717, 1.165) is 25.9 Å². The third kappa shape index (κ3) is 4.31. The van der Waals surface area contributed by atoms with Crippen LogP contribution in [0.3, 0.4) is 0 Å². The summed E-state index contributed by atoms with van der Waals surface area (Å²) in [6.07, 6.45) is 1.75. The second-order valence-electron chi connectivity index (χ2n) is 4.95. The zero-order valence-electron chi connectivity index (χ0n) is 11.7. The molecule has 2 rings (SSSR count). The molecule has 0 amide bonds. The van der Waals surface area contributed by atoms with Gasteiger partial charge in [-0.1, -0.05) is 0 Å². The number of rotatable bonds is 5. The van der Waals surface area contributed by atoms with Crippen molar-refractivity contribution in [1.82, 2.24) is 15.3 Å². The van der Waals surface area contributed by atoms with E-state index in [1.807, 2.05) is 0 Å². The molecule has 0 radical (unpaired) electrons. The van der Waals surface area contributed by atoms with Crippen molar-refractivity contribution in [3.8, 4) is 5.88 Å². The van der Waals surface area contributed by atoms with Crippen LogP contribution in [0.2, 0.25) is 0 Å². The van der Waals surface area contributed by atoms with Gasteiger partial charge in [0.05, 0.1) is 12.9 Å². The molecule has 0 aromatic carbocycles. The Kier molecular flexibility index (Phi) is 4.77. The molecule has 1 saturated heterocycles. The topological polar surface area (TPSA) is 93.2 Å². The summed E-state index contributed by atoms with van der Waals surface area (Å²) < 4.78 is 31.7. The average molecular weight is 300 g/mol. The van der Waals surface area contributed by atoms with Crippen molar-refractivity contribution < 1.29 is 13.2 Å². The lowest BCUT2D eigenvalue weighted by atomic mass is 10.0. The number of ether oxygens (including phenoxy) is 1. The predicted octanol–water partition coefficient (Wildman–Crippen LogP) is 0.535. The molecule has 2 N–H and O–H groups in total. The van der Waals surface area contributed by atoms with Crippen LogP contribution in [0, 0.1) is 12.8 Å². The van der Waals surface area contributed by atoms with E-state index < -0.39 is 10.0 Å². The van der Waals surface area contributed by atoms with E-state index in [1.165, 1.54) is 7.11 Å². The van der Waals surface area contributed by atoms with Crippen molar-refractivity contribution in [3.63, 3.8) is 0 Å². The molecule has 0 aliphatic carbocycles. The van der Waals surface area contributed by atoms with Gasteiger partial charge >= 0.3 is 0 Å². The lowest BCUT2D eigenvalue weighted by Crippen LogP contribution is -2.33. The molecule has 0 saturated carbocycles. The Hall–Kier alpha value is -1.41. The van der Waals surface area contributed by atoms with Crippen molar-refractivity contribution in [2.75, 3.05) is 30.7 Å². The molecule has 1 aromatic rings. The quantitative estimate of drug-likeness (QED) is 0.824. The molecule has 1 aliphatic rings. The molecule has 1 fully saturated rings. The van der Waals surface area contributed by atoms with Crippen LogP contribution < -0.4 is 14.8 Å². The van der Waals surface area contributed by atoms with Crippen LogP contribution in [0.15, 0.2) is 6.07 Å². The Balaban J connectivity index is 2.05. The van der Waals surface area contributed by atoms with E-state index in [-0.39, 0.29) is 17.6 Å². The van der Waals surface area contributed by atoms with E-state index in [0.29, 0.717) is 11.6 Å². The van der Waals surface area contributed by atoms with E-state index in [2.05, 4.69) is 20.0 Å². The van der Waals surface area contributed by atoms with Gasteiger partial charge in [-0.3, -0.25) is 4.72 Å². The van der Waals surface area contributed by atoms with Gasteiger partial charge in [0.15, 0.2) is 0 Å². The zero-order chi connectivity index (χ0) is 14.6. The minimum absolute atomic E-state index is 0.0655. The summed E-state index contributed by atoms with van der Waals surface area (Å²) in [5.41, 5.74) is 0.649. The molecule has 0 bridgehead atoms. The van der Waals surface area contributed by atoms with E-state index in [4.69, 9.17) is 4.74 Å². The lowest BCUT2D eigenvalue weighted by Gasteiger charge is -2.22. The standard InChI is InChI=1S/C12H20N4O3S/c1-9-7-11(19-2)15-12(14-9)16-20(17,18)8-10-3-5-13-6-4-10/h7,10,13H,3-6,8H2,1-2H3,(H,14,15,16). The van der Waals surface area contributed by atoms with Gasteiger partial charge in [0.25, 0.3) is 0 Å². The average Bonchev–Trinajstić information content (AvgIpc) is 2.37. The molecule has 0 atom stereocenters. The molecule has 1 aliphatic heterocycles. The number of aryl methyl sites for hydroxylation is 1. The Morgan fingerprint density at radius 1 is 1.40 bits per heavy atom. The highest BCUT2D eigenvalue weighted by atomic mass is 32.2. The van der Waals surface area contributed by atoms with Crippen molar-refractivity contribution in [2.24, 2.45) is 5.92 Å². The van der Waals surface area contributed by atoms with Crippen molar-refractivity contribution in [1.29, 1.82) is 0 Å². The Morgan fingerprint density at radius 3 is 2.75 bits per heavy atom. The third-order valence-corrected chi connectivity index (χ3v) is 4.60. The number of anilines is 1. The molecule has 0 spiro atoms. The Bertz CT molecular complexity index is 556. The third-order valence-electron chi connectivity index (χ3n) is 3.20. The largest absolute Gasteiger partial charge is 0.481 e. The lowest BCUT2D eigenvalue weighted by molar-refractivity contribution is 0.397. The number of sulfonamides is 1. The van der Waals surface area contributed by atoms with E-state index in [9.17, 15) is 8.42 Å². The fraction of sp³-hybridized carbons (Fsp3) is 0.667. The second-order valence-corrected chi connectivity index (χ2v) is 6.72. The molecular weight excluding hydrogens is 280 g/mol. The van der Waals surface area contributed by atoms with Gasteiger partial charge in [0.1, 0.15) is 0 Å². The monoisotopic (exact) mass is 300 g/mol. The number of nitrogens with zero attached hydrogens (tertiary/aromatic N) is 2. The summed E-state index contributed by atoms with van der Waals surface area (Å²) in [7, 11) is -1.95. The van der Waals surface area contributed by atoms with E-state index >= 15 is 0 Å². The normalized spacial score (nSPS) is 16.9. The van der Waals surface area contributed by atoms with Crippen molar-refractivity contribution in [3.05, 3.63) is 11.8 Å². The highest BCUT2D eigenvalue weighted by molar-refractivity contribution is 7.92. The van der Waals surface area contributed by atoms with Gasteiger partial charge in [-0.2, -0.15) is 4.98 Å². The molecule has 2 heterocycles. The number of piperidine rings is 1. The fourth-order valence-corrected chi connectivity index (χ4v) is 3.64. The van der Waals surface area contributed by atoms with Crippen LogP contribution in [-0.4, -0.2) is 44.3 Å². The molecular formula is C12H20N4O3S. The summed E-state index contributed by atoms with van der Waals surface area (Å²) in [4.78, 5) is 8.06. The van der Waals surface area contributed by atoms with Gasteiger partial charge < -0.3 is 10.1 Å². The van der Waals surface area contributed by atoms with Crippen LogP contribution in [0.4, 0.5) is 5.95 Å². The Labute approximate surface area is 119 Å². The fourth-order valence-electron chi connectivity index (χ4n) is 2.23. The number of nitrogens with one attached hydrogen (secondary N) is 2. The summed E-state index contributed by atoms with van der Waals surface area (Å²) in [6, 6.07) is 1.64. The SMILES string of the molecule is COc1cc(C)nc(NS(=O)(=O)CC2CCNCC2)n1. The van der Waals surface area contributed by atoms with Crippen LogP contribution in [0.1, 0.15) is 18.5 Å². The van der Waals surface area contributed by atoms with Gasteiger partial charge in [-0.15, -0.1) is 0 Å². The maximum absolute atomic E-state index is 12.1. The first-order valence-corrected chi connectivity index (χ1v) is 8.24. The predicted molar refractivity (Wildman–Crippen MR) is 76.3 cm³/mol. The summed E-state index contributed by atoms with van der Waals surface area (Å²) in [6.45, 7) is 3.50. The van der Waals surface area contributed by atoms with Gasteiger partial charge in [-0.25, -0.2) is 13.4 Å². The first-order chi connectivity index (χ1) is 9.48. The summed E-state index contributed by atoms with van der Waals surface area (Å²) >= 11 is 0.